The Balaban J connectivity index is 1.42. The van der Waals surface area contributed by atoms with E-state index in [4.69, 9.17) is 14.0 Å². The number of ether oxygens (including phenoxy) is 2. The molecule has 1 aromatic heterocycles. The van der Waals surface area contributed by atoms with Crippen molar-refractivity contribution in [3.05, 3.63) is 52.9 Å². The van der Waals surface area contributed by atoms with Gasteiger partial charge in [0.2, 0.25) is 5.91 Å². The second kappa shape index (κ2) is 8.86. The first-order valence-electron chi connectivity index (χ1n) is 8.41. The molecule has 2 aromatic rings. The Kier molecular flexibility index (Phi) is 6.30. The number of nitrogens with zero attached hydrogens (tertiary/aromatic N) is 1. The fourth-order valence-corrected chi connectivity index (χ4v) is 2.66. The van der Waals surface area contributed by atoms with Gasteiger partial charge in [0, 0.05) is 30.7 Å². The first-order valence-corrected chi connectivity index (χ1v) is 8.41. The van der Waals surface area contributed by atoms with Crippen molar-refractivity contribution in [1.29, 1.82) is 0 Å². The maximum absolute atomic E-state index is 13.5. The van der Waals surface area contributed by atoms with Gasteiger partial charge in [-0.1, -0.05) is 11.2 Å². The monoisotopic (exact) mass is 366 g/mol. The fraction of sp³-hybridized carbons (Fsp3) is 0.444. The van der Waals surface area contributed by atoms with Crippen molar-refractivity contribution in [3.8, 4) is 0 Å². The summed E-state index contributed by atoms with van der Waals surface area (Å²) in [5, 5.41) is 6.65. The van der Waals surface area contributed by atoms with Gasteiger partial charge in [0.25, 0.3) is 0 Å². The summed E-state index contributed by atoms with van der Waals surface area (Å²) in [4.78, 5) is 11.9. The quantitative estimate of drug-likeness (QED) is 0.776. The van der Waals surface area contributed by atoms with Crippen LogP contribution in [0.3, 0.4) is 0 Å². The van der Waals surface area contributed by atoms with Crippen LogP contribution < -0.4 is 5.32 Å². The highest BCUT2D eigenvalue weighted by atomic mass is 19.1. The van der Waals surface area contributed by atoms with E-state index in [2.05, 4.69) is 10.5 Å². The lowest BCUT2D eigenvalue weighted by Gasteiger charge is -2.08. The largest absolute Gasteiger partial charge is 0.381 e. The molecule has 1 saturated heterocycles. The third-order valence-electron chi connectivity index (χ3n) is 4.11. The Morgan fingerprint density at radius 2 is 2.12 bits per heavy atom. The second-order valence-corrected chi connectivity index (χ2v) is 6.19. The van der Waals surface area contributed by atoms with E-state index in [0.29, 0.717) is 30.5 Å². The smallest absolute Gasteiger partial charge is 0.226 e. The highest BCUT2D eigenvalue weighted by molar-refractivity contribution is 5.78. The van der Waals surface area contributed by atoms with Gasteiger partial charge in [-0.2, -0.15) is 0 Å². The molecule has 1 unspecified atom stereocenters. The summed E-state index contributed by atoms with van der Waals surface area (Å²) in [6.45, 7) is 1.78. The van der Waals surface area contributed by atoms with Crippen LogP contribution in [0.2, 0.25) is 0 Å². The molecule has 3 rings (SSSR count). The summed E-state index contributed by atoms with van der Waals surface area (Å²) in [5.41, 5.74) is 0.336. The van der Waals surface area contributed by atoms with Crippen molar-refractivity contribution in [3.63, 3.8) is 0 Å². The molecule has 6 nitrogen and oxygen atoms in total. The summed E-state index contributed by atoms with van der Waals surface area (Å²) >= 11 is 0. The van der Waals surface area contributed by atoms with Crippen LogP contribution in [0.25, 0.3) is 0 Å². The van der Waals surface area contributed by atoms with Crippen molar-refractivity contribution >= 4 is 5.91 Å². The molecule has 2 heterocycles. The second-order valence-electron chi connectivity index (χ2n) is 6.19. The van der Waals surface area contributed by atoms with Gasteiger partial charge in [0.15, 0.2) is 5.76 Å². The maximum Gasteiger partial charge on any atom is 0.226 e. The summed E-state index contributed by atoms with van der Waals surface area (Å²) in [7, 11) is 0. The third-order valence-corrected chi connectivity index (χ3v) is 4.11. The molecule has 26 heavy (non-hydrogen) atoms. The molecule has 1 fully saturated rings. The van der Waals surface area contributed by atoms with Gasteiger partial charge < -0.3 is 19.3 Å². The predicted molar refractivity (Wildman–Crippen MR) is 87.0 cm³/mol. The minimum Gasteiger partial charge on any atom is -0.381 e. The maximum atomic E-state index is 13.5. The molecule has 8 heteroatoms. The van der Waals surface area contributed by atoms with Gasteiger partial charge in [-0.05, 0) is 18.6 Å². The van der Waals surface area contributed by atoms with E-state index in [-0.39, 0.29) is 31.1 Å². The molecular formula is C18H20F2N2O4. The van der Waals surface area contributed by atoms with Crippen molar-refractivity contribution < 1.29 is 27.6 Å². The van der Waals surface area contributed by atoms with Gasteiger partial charge in [-0.15, -0.1) is 0 Å². The summed E-state index contributed by atoms with van der Waals surface area (Å²) in [6.07, 6.45) is 1.05. The van der Waals surface area contributed by atoms with E-state index < -0.39 is 11.6 Å². The molecular weight excluding hydrogens is 346 g/mol. The average Bonchev–Trinajstić information content (AvgIpc) is 3.28. The Morgan fingerprint density at radius 3 is 2.85 bits per heavy atom. The zero-order valence-corrected chi connectivity index (χ0v) is 14.2. The summed E-state index contributed by atoms with van der Waals surface area (Å²) in [6, 6.07) is 5.23. The highest BCUT2D eigenvalue weighted by Gasteiger charge is 2.17. The number of hydrogen-bond donors (Lipinski definition) is 1. The van der Waals surface area contributed by atoms with E-state index in [1.165, 1.54) is 18.2 Å². The normalized spacial score (nSPS) is 16.8. The van der Waals surface area contributed by atoms with Gasteiger partial charge >= 0.3 is 0 Å². The van der Waals surface area contributed by atoms with E-state index in [1.54, 1.807) is 6.07 Å². The first-order chi connectivity index (χ1) is 12.6. The molecule has 0 saturated carbocycles. The lowest BCUT2D eigenvalue weighted by molar-refractivity contribution is -0.120. The van der Waals surface area contributed by atoms with Crippen LogP contribution in [-0.4, -0.2) is 30.8 Å². The summed E-state index contributed by atoms with van der Waals surface area (Å²) < 4.78 is 42.6. The van der Waals surface area contributed by atoms with Gasteiger partial charge in [0.05, 0.1) is 25.3 Å². The number of hydrogen-bond acceptors (Lipinski definition) is 5. The molecule has 0 radical (unpaired) electrons. The number of amides is 1. The van der Waals surface area contributed by atoms with Crippen LogP contribution in [-0.2, 0) is 33.9 Å². The molecule has 1 atom stereocenters. The van der Waals surface area contributed by atoms with Crippen molar-refractivity contribution in [2.24, 2.45) is 5.92 Å². The standard InChI is InChI=1S/C18H20F2N2O4/c19-16-2-1-3-17(20)15(16)11-25-10-14-6-13(22-26-14)7-18(23)21-8-12-4-5-24-9-12/h1-3,6,12H,4-5,7-11H2,(H,21,23). The number of carbonyl (C=O) groups excluding carboxylic acids is 1. The first kappa shape index (κ1) is 18.5. The molecule has 1 amide bonds. The number of halogens is 2. The SMILES string of the molecule is O=C(Cc1cc(COCc2c(F)cccc2F)on1)NCC1CCOC1. The van der Waals surface area contributed by atoms with Crippen LogP contribution in [0.1, 0.15) is 23.4 Å². The number of carbonyl (C=O) groups is 1. The molecule has 0 spiro atoms. The molecule has 0 aliphatic carbocycles. The Labute approximate surface area is 149 Å². The average molecular weight is 366 g/mol. The van der Waals surface area contributed by atoms with Crippen molar-refractivity contribution in [2.45, 2.75) is 26.1 Å². The van der Waals surface area contributed by atoms with Gasteiger partial charge in [-0.3, -0.25) is 4.79 Å². The Bertz CT molecular complexity index is 724. The van der Waals surface area contributed by atoms with Crippen LogP contribution in [0.4, 0.5) is 8.78 Å². The van der Waals surface area contributed by atoms with Crippen molar-refractivity contribution in [2.75, 3.05) is 19.8 Å². The number of aromatic nitrogens is 1. The molecule has 1 aliphatic rings. The Morgan fingerprint density at radius 1 is 1.31 bits per heavy atom. The lowest BCUT2D eigenvalue weighted by Crippen LogP contribution is -2.30. The Hall–Kier alpha value is -2.32. The van der Waals surface area contributed by atoms with Crippen LogP contribution in [0, 0.1) is 17.6 Å². The van der Waals surface area contributed by atoms with Crippen LogP contribution >= 0.6 is 0 Å². The zero-order chi connectivity index (χ0) is 18.4. The fourth-order valence-electron chi connectivity index (χ4n) is 2.66. The van der Waals surface area contributed by atoms with Crippen molar-refractivity contribution in [1.82, 2.24) is 10.5 Å². The molecule has 1 N–H and O–H groups in total. The molecule has 140 valence electrons. The summed E-state index contributed by atoms with van der Waals surface area (Å²) in [5.74, 6) is -0.723. The highest BCUT2D eigenvalue weighted by Crippen LogP contribution is 2.15. The van der Waals surface area contributed by atoms with E-state index >= 15 is 0 Å². The predicted octanol–water partition coefficient (Wildman–Crippen LogP) is 2.36. The number of rotatable bonds is 8. The lowest BCUT2D eigenvalue weighted by atomic mass is 10.1. The van der Waals surface area contributed by atoms with E-state index in [1.807, 2.05) is 0 Å². The molecule has 1 aliphatic heterocycles. The number of benzene rings is 1. The third kappa shape index (κ3) is 5.09. The van der Waals surface area contributed by atoms with Crippen LogP contribution in [0.15, 0.2) is 28.8 Å². The number of nitrogens with one attached hydrogen (secondary N) is 1. The van der Waals surface area contributed by atoms with E-state index in [9.17, 15) is 13.6 Å². The van der Waals surface area contributed by atoms with Crippen LogP contribution in [0.5, 0.6) is 0 Å². The zero-order valence-electron chi connectivity index (χ0n) is 14.2. The van der Waals surface area contributed by atoms with E-state index in [0.717, 1.165) is 13.0 Å². The minimum atomic E-state index is -0.660. The van der Waals surface area contributed by atoms with Gasteiger partial charge in [-0.25, -0.2) is 8.78 Å². The molecule has 1 aromatic carbocycles. The minimum absolute atomic E-state index is 0.00179. The topological polar surface area (TPSA) is 73.6 Å². The molecule has 0 bridgehead atoms. The van der Waals surface area contributed by atoms with Gasteiger partial charge in [0.1, 0.15) is 18.2 Å².